The van der Waals surface area contributed by atoms with Crippen molar-refractivity contribution in [2.75, 3.05) is 14.2 Å². The minimum Gasteiger partial charge on any atom is -0.497 e. The van der Waals surface area contributed by atoms with Crippen molar-refractivity contribution >= 4 is 12.2 Å². The second-order valence-electron chi connectivity index (χ2n) is 7.19. The van der Waals surface area contributed by atoms with E-state index in [1.165, 1.54) is 42.6 Å². The first-order chi connectivity index (χ1) is 12.0. The lowest BCUT2D eigenvalue weighted by molar-refractivity contribution is 0.255. The fourth-order valence-electron chi connectivity index (χ4n) is 3.88. The van der Waals surface area contributed by atoms with Gasteiger partial charge in [-0.05, 0) is 63.7 Å². The van der Waals surface area contributed by atoms with E-state index in [0.717, 1.165) is 23.7 Å². The number of benzene rings is 1. The molecule has 0 spiro atoms. The Morgan fingerprint density at radius 2 is 1.76 bits per heavy atom. The van der Waals surface area contributed by atoms with E-state index in [9.17, 15) is 0 Å². The molecule has 3 rings (SSSR count). The van der Waals surface area contributed by atoms with Crippen LogP contribution in [0.2, 0.25) is 0 Å². The number of nitrogens with zero attached hydrogens (tertiary/aromatic N) is 3. The normalized spacial score (nSPS) is 15.2. The molecule has 1 saturated carbocycles. The minimum absolute atomic E-state index is 0.597. The SMILES string of the molecule is COc1ccc(CN(C)Cn2c(C)c(C)n(C3CCCC3)c2=S)cc1. The molecule has 2 aromatic rings. The van der Waals surface area contributed by atoms with Gasteiger partial charge in [0, 0.05) is 24.0 Å². The first-order valence-corrected chi connectivity index (χ1v) is 9.51. The van der Waals surface area contributed by atoms with Crippen LogP contribution >= 0.6 is 12.2 Å². The molecule has 0 amide bonds. The monoisotopic (exact) mass is 359 g/mol. The standard InChI is InChI=1S/C20H29N3OS/c1-15-16(2)23(18-7-5-6-8-18)20(25)22(15)14-21(3)13-17-9-11-19(24-4)12-10-17/h9-12,18H,5-8,13-14H2,1-4H3. The zero-order valence-electron chi connectivity index (χ0n) is 15.8. The molecule has 0 aliphatic heterocycles. The van der Waals surface area contributed by atoms with Gasteiger partial charge in [0.15, 0.2) is 4.77 Å². The molecule has 5 heteroatoms. The van der Waals surface area contributed by atoms with Crippen molar-refractivity contribution in [2.24, 2.45) is 0 Å². The highest BCUT2D eigenvalue weighted by molar-refractivity contribution is 7.71. The van der Waals surface area contributed by atoms with Gasteiger partial charge in [-0.2, -0.15) is 0 Å². The summed E-state index contributed by atoms with van der Waals surface area (Å²) in [6.07, 6.45) is 5.18. The quantitative estimate of drug-likeness (QED) is 0.689. The Labute approximate surface area is 156 Å². The maximum absolute atomic E-state index is 5.84. The van der Waals surface area contributed by atoms with Crippen molar-refractivity contribution in [1.29, 1.82) is 0 Å². The van der Waals surface area contributed by atoms with Gasteiger partial charge < -0.3 is 13.9 Å². The van der Waals surface area contributed by atoms with E-state index in [2.05, 4.69) is 47.1 Å². The Morgan fingerprint density at radius 1 is 1.12 bits per heavy atom. The van der Waals surface area contributed by atoms with E-state index in [1.54, 1.807) is 7.11 Å². The molecule has 136 valence electrons. The average Bonchev–Trinajstić information content (AvgIpc) is 3.19. The number of methoxy groups -OCH3 is 1. The summed E-state index contributed by atoms with van der Waals surface area (Å²) in [7, 11) is 3.84. The minimum atomic E-state index is 0.597. The van der Waals surface area contributed by atoms with Crippen LogP contribution in [-0.2, 0) is 13.2 Å². The second kappa shape index (κ2) is 7.75. The van der Waals surface area contributed by atoms with E-state index in [0.29, 0.717) is 6.04 Å². The third-order valence-electron chi connectivity index (χ3n) is 5.41. The summed E-state index contributed by atoms with van der Waals surface area (Å²) in [6.45, 7) is 6.11. The van der Waals surface area contributed by atoms with Crippen LogP contribution in [-0.4, -0.2) is 28.2 Å². The molecule has 4 nitrogen and oxygen atoms in total. The fraction of sp³-hybridized carbons (Fsp3) is 0.550. The Morgan fingerprint density at radius 3 is 2.36 bits per heavy atom. The molecule has 0 unspecified atom stereocenters. The van der Waals surface area contributed by atoms with Crippen LogP contribution in [0, 0.1) is 18.6 Å². The number of hydrogen-bond donors (Lipinski definition) is 0. The number of ether oxygens (including phenoxy) is 1. The first-order valence-electron chi connectivity index (χ1n) is 9.11. The molecule has 1 heterocycles. The van der Waals surface area contributed by atoms with Crippen LogP contribution in [0.4, 0.5) is 0 Å². The molecule has 1 aliphatic carbocycles. The van der Waals surface area contributed by atoms with Gasteiger partial charge in [0.05, 0.1) is 13.8 Å². The summed E-state index contributed by atoms with van der Waals surface area (Å²) in [4.78, 5) is 2.31. The highest BCUT2D eigenvalue weighted by Crippen LogP contribution is 2.32. The van der Waals surface area contributed by atoms with Gasteiger partial charge >= 0.3 is 0 Å². The maximum atomic E-state index is 5.84. The Balaban J connectivity index is 1.75. The predicted molar refractivity (Wildman–Crippen MR) is 105 cm³/mol. The summed E-state index contributed by atoms with van der Waals surface area (Å²) in [5.74, 6) is 0.897. The lowest BCUT2D eigenvalue weighted by Crippen LogP contribution is -2.22. The van der Waals surface area contributed by atoms with Crippen molar-refractivity contribution in [3.8, 4) is 5.75 Å². The van der Waals surface area contributed by atoms with E-state index < -0.39 is 0 Å². The average molecular weight is 360 g/mol. The zero-order chi connectivity index (χ0) is 18.0. The van der Waals surface area contributed by atoms with Crippen molar-refractivity contribution in [2.45, 2.75) is 58.8 Å². The summed E-state index contributed by atoms with van der Waals surface area (Å²) < 4.78 is 10.9. The molecule has 0 bridgehead atoms. The topological polar surface area (TPSA) is 22.3 Å². The molecular weight excluding hydrogens is 330 g/mol. The lowest BCUT2D eigenvalue weighted by Gasteiger charge is -2.19. The van der Waals surface area contributed by atoms with Crippen LogP contribution in [0.15, 0.2) is 24.3 Å². The third kappa shape index (κ3) is 3.82. The van der Waals surface area contributed by atoms with Crippen LogP contribution in [0.25, 0.3) is 0 Å². The number of aromatic nitrogens is 2. The molecule has 0 radical (unpaired) electrons. The molecule has 1 aromatic heterocycles. The van der Waals surface area contributed by atoms with Gasteiger partial charge in [-0.15, -0.1) is 0 Å². The predicted octanol–water partition coefficient (Wildman–Crippen LogP) is 4.85. The molecule has 0 N–H and O–H groups in total. The second-order valence-corrected chi connectivity index (χ2v) is 7.56. The lowest BCUT2D eigenvalue weighted by atomic mass is 10.2. The first kappa shape index (κ1) is 18.2. The van der Waals surface area contributed by atoms with Crippen molar-refractivity contribution in [3.05, 3.63) is 46.0 Å². The number of rotatable bonds is 6. The van der Waals surface area contributed by atoms with E-state index in [4.69, 9.17) is 17.0 Å². The molecule has 1 aromatic carbocycles. The Hall–Kier alpha value is -1.59. The summed E-state index contributed by atoms with van der Waals surface area (Å²) in [5.41, 5.74) is 3.90. The van der Waals surface area contributed by atoms with Crippen LogP contribution in [0.5, 0.6) is 5.75 Å². The maximum Gasteiger partial charge on any atom is 0.181 e. The Kier molecular flexibility index (Phi) is 5.64. The van der Waals surface area contributed by atoms with Crippen LogP contribution < -0.4 is 4.74 Å². The number of hydrogen-bond acceptors (Lipinski definition) is 3. The third-order valence-corrected chi connectivity index (χ3v) is 5.83. The van der Waals surface area contributed by atoms with Gasteiger partial charge in [0.2, 0.25) is 0 Å². The van der Waals surface area contributed by atoms with E-state index >= 15 is 0 Å². The van der Waals surface area contributed by atoms with E-state index in [-0.39, 0.29) is 0 Å². The van der Waals surface area contributed by atoms with E-state index in [1.807, 2.05) is 12.1 Å². The van der Waals surface area contributed by atoms with Crippen molar-refractivity contribution in [3.63, 3.8) is 0 Å². The smallest absolute Gasteiger partial charge is 0.181 e. The Bertz CT molecular complexity index is 769. The molecule has 0 saturated heterocycles. The van der Waals surface area contributed by atoms with Crippen LogP contribution in [0.3, 0.4) is 0 Å². The largest absolute Gasteiger partial charge is 0.497 e. The van der Waals surface area contributed by atoms with Crippen molar-refractivity contribution in [1.82, 2.24) is 14.0 Å². The molecule has 1 fully saturated rings. The molecule has 0 atom stereocenters. The molecule has 1 aliphatic rings. The van der Waals surface area contributed by atoms with Gasteiger partial charge in [-0.25, -0.2) is 0 Å². The van der Waals surface area contributed by atoms with Gasteiger partial charge in [0.25, 0.3) is 0 Å². The molecule has 25 heavy (non-hydrogen) atoms. The highest BCUT2D eigenvalue weighted by atomic mass is 32.1. The van der Waals surface area contributed by atoms with Gasteiger partial charge in [-0.3, -0.25) is 4.90 Å². The highest BCUT2D eigenvalue weighted by Gasteiger charge is 2.22. The van der Waals surface area contributed by atoms with Crippen molar-refractivity contribution < 1.29 is 4.74 Å². The number of imidazole rings is 1. The van der Waals surface area contributed by atoms with Gasteiger partial charge in [-0.1, -0.05) is 25.0 Å². The van der Waals surface area contributed by atoms with Crippen LogP contribution in [0.1, 0.15) is 48.7 Å². The zero-order valence-corrected chi connectivity index (χ0v) is 16.6. The molecular formula is C20H29N3OS. The summed E-state index contributed by atoms with van der Waals surface area (Å²) in [6, 6.07) is 8.87. The summed E-state index contributed by atoms with van der Waals surface area (Å²) in [5, 5.41) is 0. The summed E-state index contributed by atoms with van der Waals surface area (Å²) >= 11 is 5.84. The van der Waals surface area contributed by atoms with Gasteiger partial charge in [0.1, 0.15) is 5.75 Å². The fourth-order valence-corrected chi connectivity index (χ4v) is 4.36.